The Morgan fingerprint density at radius 3 is 2.57 bits per heavy atom. The average molecular weight is 306 g/mol. The summed E-state index contributed by atoms with van der Waals surface area (Å²) in [6.45, 7) is 1.53. The summed E-state index contributed by atoms with van der Waals surface area (Å²) in [4.78, 5) is 23.8. The average Bonchev–Trinajstić information content (AvgIpc) is 2.51. The normalized spacial score (nSPS) is 11.2. The molecule has 3 aromatic rings. The van der Waals surface area contributed by atoms with Crippen LogP contribution in [0.4, 0.5) is 0 Å². The zero-order valence-corrected chi connectivity index (χ0v) is 12.4. The molecule has 0 bridgehead atoms. The second-order valence-corrected chi connectivity index (χ2v) is 5.21. The van der Waals surface area contributed by atoms with Crippen molar-refractivity contribution in [3.05, 3.63) is 81.9 Å². The smallest absolute Gasteiger partial charge is 0.351 e. The molecule has 4 heteroatoms. The monoisotopic (exact) mass is 306 g/mol. The van der Waals surface area contributed by atoms with Crippen LogP contribution in [0.2, 0.25) is 0 Å². The largest absolute Gasteiger partial charge is 0.507 e. The number of carbonyl (C=O) groups is 1. The standard InChI is InChI=1S/C19H14O4/c1-12-10-17(21)18(19(22)23-12)16(20)9-7-13-6-8-14-4-2-3-5-15(14)11-13/h2-11,21H,1H3/b9-7+. The van der Waals surface area contributed by atoms with Gasteiger partial charge in [0.25, 0.3) is 0 Å². The second kappa shape index (κ2) is 5.93. The van der Waals surface area contributed by atoms with Gasteiger partial charge in [-0.25, -0.2) is 4.79 Å². The SMILES string of the molecule is Cc1cc(O)c(C(=O)/C=C/c2ccc3ccccc3c2)c(=O)o1. The maximum Gasteiger partial charge on any atom is 0.351 e. The summed E-state index contributed by atoms with van der Waals surface area (Å²) in [5.41, 5.74) is -0.365. The van der Waals surface area contributed by atoms with Gasteiger partial charge in [-0.15, -0.1) is 0 Å². The summed E-state index contributed by atoms with van der Waals surface area (Å²) in [5, 5.41) is 11.9. The predicted octanol–water partition coefficient (Wildman–Crippen LogP) is 3.70. The predicted molar refractivity (Wildman–Crippen MR) is 88.7 cm³/mol. The number of benzene rings is 2. The second-order valence-electron chi connectivity index (χ2n) is 5.21. The fourth-order valence-electron chi connectivity index (χ4n) is 2.39. The van der Waals surface area contributed by atoms with Gasteiger partial charge in [-0.3, -0.25) is 4.79 Å². The molecule has 0 unspecified atom stereocenters. The van der Waals surface area contributed by atoms with Gasteiger partial charge in [0.05, 0.1) is 0 Å². The van der Waals surface area contributed by atoms with Gasteiger partial charge in [-0.05, 0) is 35.4 Å². The summed E-state index contributed by atoms with van der Waals surface area (Å²) in [6.07, 6.45) is 2.86. The molecule has 0 saturated heterocycles. The highest BCUT2D eigenvalue weighted by Crippen LogP contribution is 2.18. The topological polar surface area (TPSA) is 67.5 Å². The Labute approximate surface area is 132 Å². The van der Waals surface area contributed by atoms with Crippen molar-refractivity contribution in [2.45, 2.75) is 6.92 Å². The third kappa shape index (κ3) is 3.06. The molecule has 2 aromatic carbocycles. The minimum Gasteiger partial charge on any atom is -0.507 e. The highest BCUT2D eigenvalue weighted by Gasteiger charge is 2.15. The van der Waals surface area contributed by atoms with Crippen molar-refractivity contribution in [1.82, 2.24) is 0 Å². The van der Waals surface area contributed by atoms with Gasteiger partial charge in [0.15, 0.2) is 5.78 Å². The number of ketones is 1. The minimum absolute atomic E-state index is 0.252. The summed E-state index contributed by atoms with van der Waals surface area (Å²) < 4.78 is 4.85. The van der Waals surface area contributed by atoms with Crippen molar-refractivity contribution < 1.29 is 14.3 Å². The fraction of sp³-hybridized carbons (Fsp3) is 0.0526. The lowest BCUT2D eigenvalue weighted by molar-refractivity contribution is 0.104. The molecular formula is C19H14O4. The lowest BCUT2D eigenvalue weighted by Crippen LogP contribution is -2.12. The zero-order valence-electron chi connectivity index (χ0n) is 12.4. The molecule has 0 radical (unpaired) electrons. The van der Waals surface area contributed by atoms with Crippen LogP contribution in [-0.4, -0.2) is 10.9 Å². The van der Waals surface area contributed by atoms with Crippen LogP contribution in [0.5, 0.6) is 5.75 Å². The Bertz CT molecular complexity index is 980. The molecule has 0 aliphatic carbocycles. The lowest BCUT2D eigenvalue weighted by atomic mass is 10.1. The summed E-state index contributed by atoms with van der Waals surface area (Å²) in [7, 11) is 0. The van der Waals surface area contributed by atoms with Crippen molar-refractivity contribution in [1.29, 1.82) is 0 Å². The quantitative estimate of drug-likeness (QED) is 0.592. The number of fused-ring (bicyclic) bond motifs is 1. The molecule has 3 rings (SSSR count). The van der Waals surface area contributed by atoms with E-state index in [4.69, 9.17) is 4.42 Å². The summed E-state index contributed by atoms with van der Waals surface area (Å²) in [6, 6.07) is 14.9. The van der Waals surface area contributed by atoms with E-state index in [9.17, 15) is 14.7 Å². The molecule has 4 nitrogen and oxygen atoms in total. The maximum atomic E-state index is 12.1. The molecule has 1 heterocycles. The molecule has 1 aromatic heterocycles. The minimum atomic E-state index is -0.837. The van der Waals surface area contributed by atoms with E-state index in [1.54, 1.807) is 6.08 Å². The van der Waals surface area contributed by atoms with Crippen LogP contribution in [0.25, 0.3) is 16.8 Å². The Morgan fingerprint density at radius 2 is 1.83 bits per heavy atom. The number of allylic oxidation sites excluding steroid dienone is 1. The van der Waals surface area contributed by atoms with Crippen LogP contribution in [0.3, 0.4) is 0 Å². The van der Waals surface area contributed by atoms with E-state index in [0.717, 1.165) is 16.3 Å². The Morgan fingerprint density at radius 1 is 1.09 bits per heavy atom. The van der Waals surface area contributed by atoms with Crippen LogP contribution >= 0.6 is 0 Å². The molecule has 0 aliphatic rings. The zero-order chi connectivity index (χ0) is 16.4. The molecule has 1 N–H and O–H groups in total. The van der Waals surface area contributed by atoms with Gasteiger partial charge < -0.3 is 9.52 Å². The first-order valence-corrected chi connectivity index (χ1v) is 7.09. The van der Waals surface area contributed by atoms with E-state index >= 15 is 0 Å². The van der Waals surface area contributed by atoms with Gasteiger partial charge in [0, 0.05) is 6.07 Å². The summed E-state index contributed by atoms with van der Waals surface area (Å²) in [5.74, 6) is -0.709. The van der Waals surface area contributed by atoms with Crippen molar-refractivity contribution in [3.8, 4) is 5.75 Å². The number of rotatable bonds is 3. The van der Waals surface area contributed by atoms with Crippen LogP contribution < -0.4 is 5.63 Å². The van der Waals surface area contributed by atoms with Gasteiger partial charge in [-0.1, -0.05) is 42.5 Å². The highest BCUT2D eigenvalue weighted by molar-refractivity contribution is 6.08. The molecule has 0 spiro atoms. The Balaban J connectivity index is 1.92. The third-order valence-electron chi connectivity index (χ3n) is 3.50. The van der Waals surface area contributed by atoms with Crippen molar-refractivity contribution in [3.63, 3.8) is 0 Å². The Hall–Kier alpha value is -3.14. The number of aryl methyl sites for hydroxylation is 1. The highest BCUT2D eigenvalue weighted by atomic mass is 16.4. The third-order valence-corrected chi connectivity index (χ3v) is 3.50. The fourth-order valence-corrected chi connectivity index (χ4v) is 2.39. The molecule has 0 fully saturated rings. The first-order valence-electron chi connectivity index (χ1n) is 7.09. The number of carbonyl (C=O) groups excluding carboxylic acids is 1. The van der Waals surface area contributed by atoms with Crippen LogP contribution in [0, 0.1) is 6.92 Å². The molecule has 23 heavy (non-hydrogen) atoms. The lowest BCUT2D eigenvalue weighted by Gasteiger charge is -2.01. The molecule has 0 atom stereocenters. The molecule has 114 valence electrons. The first-order chi connectivity index (χ1) is 11.0. The van der Waals surface area contributed by atoms with Gasteiger partial charge in [0.1, 0.15) is 17.1 Å². The van der Waals surface area contributed by atoms with Gasteiger partial charge in [0.2, 0.25) is 0 Å². The van der Waals surface area contributed by atoms with Crippen molar-refractivity contribution in [2.24, 2.45) is 0 Å². The number of hydrogen-bond acceptors (Lipinski definition) is 4. The van der Waals surface area contributed by atoms with E-state index in [1.807, 2.05) is 42.5 Å². The van der Waals surface area contributed by atoms with E-state index < -0.39 is 11.4 Å². The van der Waals surface area contributed by atoms with Crippen LogP contribution in [0.1, 0.15) is 21.7 Å². The molecule has 0 saturated carbocycles. The van der Waals surface area contributed by atoms with E-state index in [1.165, 1.54) is 19.1 Å². The van der Waals surface area contributed by atoms with Crippen LogP contribution in [-0.2, 0) is 0 Å². The maximum absolute atomic E-state index is 12.1. The number of aromatic hydroxyl groups is 1. The Kier molecular flexibility index (Phi) is 3.81. The van der Waals surface area contributed by atoms with Crippen molar-refractivity contribution >= 4 is 22.6 Å². The molecular weight excluding hydrogens is 292 g/mol. The van der Waals surface area contributed by atoms with E-state index in [2.05, 4.69) is 0 Å². The van der Waals surface area contributed by atoms with Crippen molar-refractivity contribution in [2.75, 3.05) is 0 Å². The number of hydrogen-bond donors (Lipinski definition) is 1. The first kappa shape index (κ1) is 14.8. The van der Waals surface area contributed by atoms with Gasteiger partial charge in [-0.2, -0.15) is 0 Å². The van der Waals surface area contributed by atoms with E-state index in [0.29, 0.717) is 0 Å². The van der Waals surface area contributed by atoms with Crippen LogP contribution in [0.15, 0.2) is 63.8 Å². The molecule has 0 amide bonds. The van der Waals surface area contributed by atoms with Gasteiger partial charge >= 0.3 is 5.63 Å². The summed E-state index contributed by atoms with van der Waals surface area (Å²) >= 11 is 0. The van der Waals surface area contributed by atoms with E-state index in [-0.39, 0.29) is 17.1 Å². The molecule has 0 aliphatic heterocycles.